The summed E-state index contributed by atoms with van der Waals surface area (Å²) in [5.41, 5.74) is 2.13. The van der Waals surface area contributed by atoms with E-state index < -0.39 is 12.0 Å². The maximum absolute atomic E-state index is 11.9. The average molecular weight is 369 g/mol. The molecule has 0 aliphatic carbocycles. The highest BCUT2D eigenvalue weighted by Crippen LogP contribution is 2.35. The number of carboxylic acids is 1. The first-order chi connectivity index (χ1) is 13.1. The molecule has 0 radical (unpaired) electrons. The van der Waals surface area contributed by atoms with Crippen molar-refractivity contribution in [3.8, 4) is 11.5 Å². The summed E-state index contributed by atoms with van der Waals surface area (Å²) < 4.78 is 10.8. The van der Waals surface area contributed by atoms with Crippen molar-refractivity contribution < 1.29 is 19.4 Å². The summed E-state index contributed by atoms with van der Waals surface area (Å²) in [7, 11) is 1.64. The first-order valence-electron chi connectivity index (χ1n) is 9.49. The number of rotatable bonds is 7. The van der Waals surface area contributed by atoms with Gasteiger partial charge in [-0.2, -0.15) is 0 Å². The van der Waals surface area contributed by atoms with E-state index in [0.717, 1.165) is 42.0 Å². The Morgan fingerprint density at radius 2 is 1.67 bits per heavy atom. The van der Waals surface area contributed by atoms with Gasteiger partial charge in [-0.15, -0.1) is 0 Å². The molecular formula is C22H27NO4. The van der Waals surface area contributed by atoms with E-state index in [1.54, 1.807) is 7.11 Å². The lowest BCUT2D eigenvalue weighted by Gasteiger charge is -2.39. The molecule has 2 aromatic rings. The Bertz CT molecular complexity index is 742. The summed E-state index contributed by atoms with van der Waals surface area (Å²) in [5.74, 6) is 0.861. The van der Waals surface area contributed by atoms with Crippen LogP contribution < -0.4 is 9.47 Å². The normalized spacial score (nSPS) is 18.7. The number of piperidine rings is 1. The predicted octanol–water partition coefficient (Wildman–Crippen LogP) is 4.12. The number of carboxylic acid groups (broad SMARTS) is 1. The van der Waals surface area contributed by atoms with Crippen LogP contribution in [0.5, 0.6) is 11.5 Å². The summed E-state index contributed by atoms with van der Waals surface area (Å²) in [4.78, 5) is 14.0. The number of hydrogen-bond donors (Lipinski definition) is 1. The largest absolute Gasteiger partial charge is 0.497 e. The van der Waals surface area contributed by atoms with Crippen molar-refractivity contribution in [2.24, 2.45) is 0 Å². The van der Waals surface area contributed by atoms with Crippen molar-refractivity contribution in [1.29, 1.82) is 0 Å². The van der Waals surface area contributed by atoms with Gasteiger partial charge in [0.15, 0.2) is 0 Å². The molecule has 5 nitrogen and oxygen atoms in total. The Labute approximate surface area is 160 Å². The lowest BCUT2D eigenvalue weighted by Crippen LogP contribution is -2.46. The van der Waals surface area contributed by atoms with Crippen molar-refractivity contribution in [1.82, 2.24) is 4.90 Å². The van der Waals surface area contributed by atoms with E-state index in [9.17, 15) is 9.90 Å². The highest BCUT2D eigenvalue weighted by Gasteiger charge is 2.35. The number of likely N-dealkylation sites (tertiary alicyclic amines) is 1. The molecule has 1 heterocycles. The van der Waals surface area contributed by atoms with Crippen molar-refractivity contribution >= 4 is 5.97 Å². The van der Waals surface area contributed by atoms with Crippen LogP contribution in [-0.2, 0) is 4.79 Å². The first kappa shape index (κ1) is 19.2. The highest BCUT2D eigenvalue weighted by atomic mass is 16.5. The van der Waals surface area contributed by atoms with Crippen molar-refractivity contribution in [2.45, 2.75) is 38.3 Å². The van der Waals surface area contributed by atoms with Gasteiger partial charge in [0.1, 0.15) is 17.5 Å². The lowest BCUT2D eigenvalue weighted by atomic mass is 9.91. The zero-order chi connectivity index (χ0) is 19.2. The third kappa shape index (κ3) is 4.42. The molecule has 0 spiro atoms. The van der Waals surface area contributed by atoms with Gasteiger partial charge in [0.25, 0.3) is 0 Å². The standard InChI is InChI=1S/C22H27NO4/c1-3-27-19-13-9-17(10-14-19)21(16-7-11-18(26-2)12-8-16)23-15-5-4-6-20(23)22(24)25/h7-14,20-21H,3-6,15H2,1-2H3,(H,24,25). The number of nitrogens with zero attached hydrogens (tertiary/aromatic N) is 1. The SMILES string of the molecule is CCOc1ccc(C(c2ccc(OC)cc2)N2CCCCC2C(=O)O)cc1. The predicted molar refractivity (Wildman–Crippen MR) is 104 cm³/mol. The third-order valence-corrected chi connectivity index (χ3v) is 5.10. The topological polar surface area (TPSA) is 59.0 Å². The van der Waals surface area contributed by atoms with Crippen LogP contribution in [0.25, 0.3) is 0 Å². The quantitative estimate of drug-likeness (QED) is 0.795. The molecule has 2 aromatic carbocycles. The van der Waals surface area contributed by atoms with Crippen molar-refractivity contribution in [3.05, 3.63) is 59.7 Å². The first-order valence-corrected chi connectivity index (χ1v) is 9.49. The van der Waals surface area contributed by atoms with Crippen molar-refractivity contribution in [2.75, 3.05) is 20.3 Å². The van der Waals surface area contributed by atoms with E-state index in [4.69, 9.17) is 9.47 Å². The second kappa shape index (κ2) is 8.91. The van der Waals surface area contributed by atoms with Crippen molar-refractivity contribution in [3.63, 3.8) is 0 Å². The van der Waals surface area contributed by atoms with Gasteiger partial charge >= 0.3 is 5.97 Å². The second-order valence-corrected chi connectivity index (χ2v) is 6.77. The van der Waals surface area contributed by atoms with Gasteiger partial charge in [0, 0.05) is 0 Å². The van der Waals surface area contributed by atoms with E-state index >= 15 is 0 Å². The van der Waals surface area contributed by atoms with E-state index in [-0.39, 0.29) is 6.04 Å². The second-order valence-electron chi connectivity index (χ2n) is 6.77. The molecule has 0 saturated carbocycles. The van der Waals surface area contributed by atoms with Gasteiger partial charge < -0.3 is 14.6 Å². The molecule has 0 bridgehead atoms. The van der Waals surface area contributed by atoms with Crippen LogP contribution in [0.4, 0.5) is 0 Å². The van der Waals surface area contributed by atoms with Crippen LogP contribution in [0.3, 0.4) is 0 Å². The zero-order valence-electron chi connectivity index (χ0n) is 15.9. The number of hydrogen-bond acceptors (Lipinski definition) is 4. The van der Waals surface area contributed by atoms with Gasteiger partial charge in [0.05, 0.1) is 19.8 Å². The molecule has 5 heteroatoms. The van der Waals surface area contributed by atoms with E-state index in [2.05, 4.69) is 4.90 Å². The van der Waals surface area contributed by atoms with Crippen LogP contribution in [-0.4, -0.2) is 42.3 Å². The minimum atomic E-state index is -0.751. The lowest BCUT2D eigenvalue weighted by molar-refractivity contribution is -0.145. The summed E-state index contributed by atoms with van der Waals surface area (Å²) in [6.45, 7) is 3.34. The van der Waals surface area contributed by atoms with Crippen LogP contribution in [0.15, 0.2) is 48.5 Å². The summed E-state index contributed by atoms with van der Waals surface area (Å²) >= 11 is 0. The molecule has 1 aliphatic rings. The fourth-order valence-corrected chi connectivity index (χ4v) is 3.80. The van der Waals surface area contributed by atoms with E-state index in [1.165, 1.54) is 0 Å². The molecular weight excluding hydrogens is 342 g/mol. The fraction of sp³-hybridized carbons (Fsp3) is 0.409. The summed E-state index contributed by atoms with van der Waals surface area (Å²) in [5, 5.41) is 9.77. The summed E-state index contributed by atoms with van der Waals surface area (Å²) in [6.07, 6.45) is 2.64. The molecule has 2 atom stereocenters. The molecule has 1 saturated heterocycles. The highest BCUT2D eigenvalue weighted by molar-refractivity contribution is 5.73. The van der Waals surface area contributed by atoms with Gasteiger partial charge in [-0.25, -0.2) is 0 Å². The van der Waals surface area contributed by atoms with Crippen LogP contribution >= 0.6 is 0 Å². The minimum absolute atomic E-state index is 0.118. The van der Waals surface area contributed by atoms with E-state index in [1.807, 2.05) is 55.5 Å². The smallest absolute Gasteiger partial charge is 0.320 e. The van der Waals surface area contributed by atoms with Gasteiger partial charge in [-0.05, 0) is 61.7 Å². The summed E-state index contributed by atoms with van der Waals surface area (Å²) in [6, 6.07) is 15.3. The number of benzene rings is 2. The molecule has 3 rings (SSSR count). The van der Waals surface area contributed by atoms with Gasteiger partial charge in [-0.3, -0.25) is 9.69 Å². The molecule has 1 aliphatic heterocycles. The van der Waals surface area contributed by atoms with Gasteiger partial charge in [0.2, 0.25) is 0 Å². The van der Waals surface area contributed by atoms with E-state index in [0.29, 0.717) is 13.0 Å². The number of ether oxygens (including phenoxy) is 2. The number of aliphatic carboxylic acids is 1. The average Bonchev–Trinajstić information content (AvgIpc) is 2.70. The van der Waals surface area contributed by atoms with Crippen LogP contribution in [0.1, 0.15) is 43.4 Å². The zero-order valence-corrected chi connectivity index (χ0v) is 15.9. The Morgan fingerprint density at radius 1 is 1.07 bits per heavy atom. The molecule has 27 heavy (non-hydrogen) atoms. The molecule has 144 valence electrons. The maximum Gasteiger partial charge on any atom is 0.320 e. The third-order valence-electron chi connectivity index (χ3n) is 5.10. The Morgan fingerprint density at radius 3 is 2.19 bits per heavy atom. The Balaban J connectivity index is 2.00. The van der Waals surface area contributed by atoms with Crippen LogP contribution in [0, 0.1) is 0 Å². The Hall–Kier alpha value is -2.53. The monoisotopic (exact) mass is 369 g/mol. The Kier molecular flexibility index (Phi) is 6.35. The minimum Gasteiger partial charge on any atom is -0.497 e. The maximum atomic E-state index is 11.9. The number of methoxy groups -OCH3 is 1. The molecule has 1 N–H and O–H groups in total. The molecule has 2 unspecified atom stereocenters. The number of carbonyl (C=O) groups is 1. The van der Waals surface area contributed by atoms with Gasteiger partial charge in [-0.1, -0.05) is 30.7 Å². The molecule has 1 fully saturated rings. The molecule has 0 amide bonds. The molecule has 0 aromatic heterocycles. The van der Waals surface area contributed by atoms with Crippen LogP contribution in [0.2, 0.25) is 0 Å². The fourth-order valence-electron chi connectivity index (χ4n) is 3.80.